The third-order valence-corrected chi connectivity index (χ3v) is 4.72. The van der Waals surface area contributed by atoms with Crippen molar-refractivity contribution in [2.24, 2.45) is 0 Å². The van der Waals surface area contributed by atoms with E-state index < -0.39 is 0 Å². The molecular weight excluding hydrogens is 362 g/mol. The lowest BCUT2D eigenvalue weighted by atomic mass is 10.1. The van der Waals surface area contributed by atoms with Crippen molar-refractivity contribution in [1.29, 1.82) is 0 Å². The third-order valence-electron chi connectivity index (χ3n) is 4.35. The number of hydrogen-bond donors (Lipinski definition) is 0. The van der Waals surface area contributed by atoms with Crippen molar-refractivity contribution in [2.75, 3.05) is 6.61 Å². The van der Waals surface area contributed by atoms with Gasteiger partial charge in [0, 0.05) is 11.6 Å². The Labute approximate surface area is 164 Å². The predicted octanol–water partition coefficient (Wildman–Crippen LogP) is 5.16. The average molecular weight is 384 g/mol. The molecule has 27 heavy (non-hydrogen) atoms. The van der Waals surface area contributed by atoms with Crippen molar-refractivity contribution in [1.82, 2.24) is 4.90 Å². The minimum Gasteiger partial charge on any atom is -0.483 e. The Hall–Kier alpha value is -2.72. The zero-order valence-electron chi connectivity index (χ0n) is 15.4. The summed E-state index contributed by atoms with van der Waals surface area (Å²) in [4.78, 5) is 14.6. The molecule has 1 heterocycles. The van der Waals surface area contributed by atoms with Crippen molar-refractivity contribution in [2.45, 2.75) is 26.9 Å². The van der Waals surface area contributed by atoms with Gasteiger partial charge in [-0.2, -0.15) is 0 Å². The molecule has 1 amide bonds. The summed E-state index contributed by atoms with van der Waals surface area (Å²) >= 11 is 6.28. The first kappa shape index (κ1) is 19.1. The van der Waals surface area contributed by atoms with E-state index >= 15 is 0 Å². The summed E-state index contributed by atoms with van der Waals surface area (Å²) in [7, 11) is 0. The van der Waals surface area contributed by atoms with Crippen LogP contribution in [0.25, 0.3) is 0 Å². The van der Waals surface area contributed by atoms with Gasteiger partial charge in [-0.15, -0.1) is 0 Å². The Morgan fingerprint density at radius 3 is 2.41 bits per heavy atom. The van der Waals surface area contributed by atoms with Crippen LogP contribution in [0.5, 0.6) is 5.75 Å². The zero-order chi connectivity index (χ0) is 19.2. The van der Waals surface area contributed by atoms with E-state index in [1.165, 1.54) is 0 Å². The summed E-state index contributed by atoms with van der Waals surface area (Å²) in [6.07, 6.45) is 1.60. The molecule has 0 saturated carbocycles. The summed E-state index contributed by atoms with van der Waals surface area (Å²) in [5.41, 5.74) is 2.89. The van der Waals surface area contributed by atoms with Crippen LogP contribution in [0, 0.1) is 13.8 Å². The molecular formula is C22H22ClNO3. The maximum absolute atomic E-state index is 12.9. The van der Waals surface area contributed by atoms with Crippen LogP contribution in [0.2, 0.25) is 5.02 Å². The maximum Gasteiger partial charge on any atom is 0.261 e. The summed E-state index contributed by atoms with van der Waals surface area (Å²) in [6.45, 7) is 4.63. The van der Waals surface area contributed by atoms with E-state index in [0.717, 1.165) is 22.4 Å². The monoisotopic (exact) mass is 383 g/mol. The molecule has 5 heteroatoms. The quantitative estimate of drug-likeness (QED) is 0.566. The van der Waals surface area contributed by atoms with Crippen molar-refractivity contribution >= 4 is 17.5 Å². The molecule has 4 nitrogen and oxygen atoms in total. The lowest BCUT2D eigenvalue weighted by Gasteiger charge is -2.23. The average Bonchev–Trinajstić information content (AvgIpc) is 3.15. The van der Waals surface area contributed by atoms with Crippen molar-refractivity contribution in [3.05, 3.63) is 88.3 Å². The van der Waals surface area contributed by atoms with Crippen molar-refractivity contribution in [3.63, 3.8) is 0 Å². The Bertz CT molecular complexity index is 885. The molecule has 0 N–H and O–H groups in total. The molecule has 0 saturated heterocycles. The highest BCUT2D eigenvalue weighted by Crippen LogP contribution is 2.23. The summed E-state index contributed by atoms with van der Waals surface area (Å²) in [5, 5.41) is 0.630. The van der Waals surface area contributed by atoms with Gasteiger partial charge in [0.15, 0.2) is 6.61 Å². The Morgan fingerprint density at radius 2 is 1.74 bits per heavy atom. The minimum atomic E-state index is -0.131. The largest absolute Gasteiger partial charge is 0.483 e. The summed E-state index contributed by atoms with van der Waals surface area (Å²) in [6, 6.07) is 17.1. The smallest absolute Gasteiger partial charge is 0.261 e. The number of benzene rings is 2. The van der Waals surface area contributed by atoms with E-state index in [1.807, 2.05) is 62.4 Å². The molecule has 0 unspecified atom stereocenters. The van der Waals surface area contributed by atoms with Gasteiger partial charge in [-0.1, -0.05) is 48.0 Å². The first-order chi connectivity index (χ1) is 13.0. The number of furan rings is 1. The molecule has 1 aromatic heterocycles. The number of aryl methyl sites for hydroxylation is 2. The molecule has 0 aliphatic heterocycles. The number of hydrogen-bond acceptors (Lipinski definition) is 3. The maximum atomic E-state index is 12.9. The lowest BCUT2D eigenvalue weighted by molar-refractivity contribution is -0.134. The number of nitrogens with zero attached hydrogens (tertiary/aromatic N) is 1. The van der Waals surface area contributed by atoms with Crippen LogP contribution in [0.4, 0.5) is 0 Å². The molecule has 0 atom stereocenters. The number of amides is 1. The van der Waals surface area contributed by atoms with E-state index in [9.17, 15) is 4.79 Å². The topological polar surface area (TPSA) is 42.7 Å². The molecule has 0 spiro atoms. The molecule has 0 aliphatic rings. The SMILES string of the molecule is Cc1cccc(C)c1OCC(=O)N(Cc1ccco1)Cc1ccccc1Cl. The fraction of sp³-hybridized carbons (Fsp3) is 0.227. The second-order valence-electron chi connectivity index (χ2n) is 6.43. The minimum absolute atomic E-state index is 0.0448. The fourth-order valence-electron chi connectivity index (χ4n) is 2.91. The second-order valence-corrected chi connectivity index (χ2v) is 6.84. The number of para-hydroxylation sites is 1. The number of halogens is 1. The molecule has 0 fully saturated rings. The first-order valence-electron chi connectivity index (χ1n) is 8.77. The molecule has 0 bridgehead atoms. The molecule has 3 rings (SSSR count). The van der Waals surface area contributed by atoms with Crippen LogP contribution < -0.4 is 4.74 Å². The van der Waals surface area contributed by atoms with Gasteiger partial charge in [-0.25, -0.2) is 0 Å². The molecule has 2 aromatic carbocycles. The van der Waals surface area contributed by atoms with Crippen LogP contribution in [0.15, 0.2) is 65.3 Å². The number of ether oxygens (including phenoxy) is 1. The highest BCUT2D eigenvalue weighted by Gasteiger charge is 2.18. The van der Waals surface area contributed by atoms with Gasteiger partial charge >= 0.3 is 0 Å². The van der Waals surface area contributed by atoms with E-state index in [2.05, 4.69) is 0 Å². The zero-order valence-corrected chi connectivity index (χ0v) is 16.2. The van der Waals surface area contributed by atoms with E-state index in [4.69, 9.17) is 20.8 Å². The number of carbonyl (C=O) groups is 1. The van der Waals surface area contributed by atoms with E-state index in [-0.39, 0.29) is 12.5 Å². The van der Waals surface area contributed by atoms with Gasteiger partial charge in [0.1, 0.15) is 11.5 Å². The first-order valence-corrected chi connectivity index (χ1v) is 9.15. The Morgan fingerprint density at radius 1 is 1.00 bits per heavy atom. The summed E-state index contributed by atoms with van der Waals surface area (Å²) < 4.78 is 11.3. The number of rotatable bonds is 7. The van der Waals surface area contributed by atoms with Gasteiger partial charge < -0.3 is 14.1 Å². The highest BCUT2D eigenvalue weighted by molar-refractivity contribution is 6.31. The Kier molecular flexibility index (Phi) is 6.20. The van der Waals surface area contributed by atoms with Crippen LogP contribution in [-0.4, -0.2) is 17.4 Å². The lowest BCUT2D eigenvalue weighted by Crippen LogP contribution is -2.34. The third kappa shape index (κ3) is 4.92. The molecule has 0 aliphatic carbocycles. The molecule has 3 aromatic rings. The standard InChI is InChI=1S/C22H22ClNO3/c1-16-7-5-8-17(2)22(16)27-15-21(25)24(14-19-10-6-12-26-19)13-18-9-3-4-11-20(18)23/h3-12H,13-15H2,1-2H3. The van der Waals surface area contributed by atoms with Gasteiger partial charge in [0.2, 0.25) is 0 Å². The molecule has 0 radical (unpaired) electrons. The van der Waals surface area contributed by atoms with Crippen molar-refractivity contribution < 1.29 is 13.9 Å². The van der Waals surface area contributed by atoms with E-state index in [1.54, 1.807) is 17.2 Å². The van der Waals surface area contributed by atoms with Crippen LogP contribution in [0.3, 0.4) is 0 Å². The van der Waals surface area contributed by atoms with Crippen LogP contribution in [-0.2, 0) is 17.9 Å². The van der Waals surface area contributed by atoms with Crippen LogP contribution >= 0.6 is 11.6 Å². The van der Waals surface area contributed by atoms with E-state index in [0.29, 0.717) is 23.9 Å². The fourth-order valence-corrected chi connectivity index (χ4v) is 3.10. The van der Waals surface area contributed by atoms with Crippen LogP contribution in [0.1, 0.15) is 22.5 Å². The molecule has 140 valence electrons. The normalized spacial score (nSPS) is 10.6. The van der Waals surface area contributed by atoms with Gasteiger partial charge in [0.05, 0.1) is 12.8 Å². The highest BCUT2D eigenvalue weighted by atomic mass is 35.5. The predicted molar refractivity (Wildman–Crippen MR) is 106 cm³/mol. The van der Waals surface area contributed by atoms with Gasteiger partial charge in [0.25, 0.3) is 5.91 Å². The second kappa shape index (κ2) is 8.78. The van der Waals surface area contributed by atoms with Crippen molar-refractivity contribution in [3.8, 4) is 5.75 Å². The Balaban J connectivity index is 1.75. The number of carbonyl (C=O) groups excluding carboxylic acids is 1. The van der Waals surface area contributed by atoms with Gasteiger partial charge in [-0.05, 0) is 48.7 Å². The van der Waals surface area contributed by atoms with Gasteiger partial charge in [-0.3, -0.25) is 4.79 Å². The summed E-state index contributed by atoms with van der Waals surface area (Å²) in [5.74, 6) is 1.33.